The summed E-state index contributed by atoms with van der Waals surface area (Å²) in [4.78, 5) is 22.6. The van der Waals surface area contributed by atoms with Crippen LogP contribution >= 0.6 is 0 Å². The molecule has 4 nitrogen and oxygen atoms in total. The Morgan fingerprint density at radius 1 is 1.15 bits per heavy atom. The molecule has 108 valence electrons. The van der Waals surface area contributed by atoms with Crippen molar-refractivity contribution in [3.63, 3.8) is 0 Å². The summed E-state index contributed by atoms with van der Waals surface area (Å²) in [6, 6.07) is 3.17. The van der Waals surface area contributed by atoms with Crippen LogP contribution < -0.4 is 0 Å². The molecule has 0 bridgehead atoms. The molecule has 0 saturated carbocycles. The molecule has 0 aromatic heterocycles. The standard InChI is InChI=1S/C16H20O4/c1-10-8-12(15(18)19)9-11(2)13(10)6-7-14(17)20-16(3,4)5/h6-9H,1-5H3,(H,18,19). The second-order valence-electron chi connectivity index (χ2n) is 5.70. The highest BCUT2D eigenvalue weighted by atomic mass is 16.6. The maximum atomic E-state index is 11.6. The predicted octanol–water partition coefficient (Wildman–Crippen LogP) is 3.36. The first kappa shape index (κ1) is 16.0. The summed E-state index contributed by atoms with van der Waals surface area (Å²) in [5.41, 5.74) is 2.17. The molecule has 0 aliphatic carbocycles. The summed E-state index contributed by atoms with van der Waals surface area (Å²) in [6.07, 6.45) is 3.02. The Bertz CT molecular complexity index is 539. The quantitative estimate of drug-likeness (QED) is 0.679. The first-order valence-electron chi connectivity index (χ1n) is 6.36. The predicted molar refractivity (Wildman–Crippen MR) is 77.8 cm³/mol. The molecule has 0 saturated heterocycles. The second-order valence-corrected chi connectivity index (χ2v) is 5.70. The number of carbonyl (C=O) groups excluding carboxylic acids is 1. The highest BCUT2D eigenvalue weighted by Gasteiger charge is 2.14. The van der Waals surface area contributed by atoms with Gasteiger partial charge >= 0.3 is 11.9 Å². The highest BCUT2D eigenvalue weighted by molar-refractivity contribution is 5.90. The fraction of sp³-hybridized carbons (Fsp3) is 0.375. The van der Waals surface area contributed by atoms with Crippen LogP contribution in [0.25, 0.3) is 6.08 Å². The van der Waals surface area contributed by atoms with Crippen molar-refractivity contribution in [2.24, 2.45) is 0 Å². The van der Waals surface area contributed by atoms with Crippen molar-refractivity contribution in [2.75, 3.05) is 0 Å². The molecule has 0 fully saturated rings. The lowest BCUT2D eigenvalue weighted by Crippen LogP contribution is -2.22. The molecule has 0 heterocycles. The Hall–Kier alpha value is -2.10. The number of carbonyl (C=O) groups is 2. The van der Waals surface area contributed by atoms with Crippen LogP contribution in [0.1, 0.15) is 47.8 Å². The van der Waals surface area contributed by atoms with Crippen molar-refractivity contribution in [1.29, 1.82) is 0 Å². The molecule has 0 unspecified atom stereocenters. The van der Waals surface area contributed by atoms with Gasteiger partial charge in [-0.25, -0.2) is 9.59 Å². The van der Waals surface area contributed by atoms with Crippen LogP contribution in [0, 0.1) is 13.8 Å². The van der Waals surface area contributed by atoms with E-state index in [0.717, 1.165) is 16.7 Å². The van der Waals surface area contributed by atoms with E-state index in [1.165, 1.54) is 6.08 Å². The fourth-order valence-electron chi connectivity index (χ4n) is 1.85. The number of carboxylic acid groups (broad SMARTS) is 1. The molecule has 0 amide bonds. The Morgan fingerprint density at radius 2 is 1.65 bits per heavy atom. The van der Waals surface area contributed by atoms with Crippen molar-refractivity contribution in [1.82, 2.24) is 0 Å². The van der Waals surface area contributed by atoms with Gasteiger partial charge < -0.3 is 9.84 Å². The number of benzene rings is 1. The number of aromatic carboxylic acids is 1. The summed E-state index contributed by atoms with van der Waals surface area (Å²) < 4.78 is 5.18. The molecule has 0 aliphatic heterocycles. The van der Waals surface area contributed by atoms with E-state index in [1.54, 1.807) is 39.0 Å². The lowest BCUT2D eigenvalue weighted by molar-refractivity contribution is -0.148. The maximum absolute atomic E-state index is 11.6. The van der Waals surface area contributed by atoms with E-state index in [2.05, 4.69) is 0 Å². The summed E-state index contributed by atoms with van der Waals surface area (Å²) in [5.74, 6) is -1.38. The number of rotatable bonds is 3. The van der Waals surface area contributed by atoms with Crippen LogP contribution in [-0.2, 0) is 9.53 Å². The van der Waals surface area contributed by atoms with Crippen molar-refractivity contribution in [2.45, 2.75) is 40.2 Å². The molecule has 20 heavy (non-hydrogen) atoms. The summed E-state index contributed by atoms with van der Waals surface area (Å²) in [7, 11) is 0. The SMILES string of the molecule is Cc1cc(C(=O)O)cc(C)c1C=CC(=O)OC(C)(C)C. The number of aryl methyl sites for hydroxylation is 2. The van der Waals surface area contributed by atoms with Gasteiger partial charge in [0.05, 0.1) is 5.56 Å². The average molecular weight is 276 g/mol. The minimum absolute atomic E-state index is 0.245. The van der Waals surface area contributed by atoms with E-state index in [0.29, 0.717) is 0 Å². The number of carboxylic acids is 1. The van der Waals surface area contributed by atoms with E-state index < -0.39 is 17.5 Å². The number of esters is 1. The Morgan fingerprint density at radius 3 is 2.05 bits per heavy atom. The van der Waals surface area contributed by atoms with Crippen molar-refractivity contribution >= 4 is 18.0 Å². The van der Waals surface area contributed by atoms with E-state index in [4.69, 9.17) is 9.84 Å². The molecule has 0 spiro atoms. The van der Waals surface area contributed by atoms with E-state index in [1.807, 2.05) is 13.8 Å². The Labute approximate surface area is 119 Å². The van der Waals surface area contributed by atoms with Gasteiger partial charge in [-0.15, -0.1) is 0 Å². The van der Waals surface area contributed by atoms with Gasteiger partial charge in [0.15, 0.2) is 0 Å². The fourth-order valence-corrected chi connectivity index (χ4v) is 1.85. The molecule has 0 atom stereocenters. The third-order valence-electron chi connectivity index (χ3n) is 2.63. The number of hydrogen-bond donors (Lipinski definition) is 1. The van der Waals surface area contributed by atoms with Crippen LogP contribution in [0.5, 0.6) is 0 Å². The van der Waals surface area contributed by atoms with Crippen LogP contribution in [0.2, 0.25) is 0 Å². The molecule has 0 aliphatic rings. The van der Waals surface area contributed by atoms with E-state index in [-0.39, 0.29) is 5.56 Å². The topological polar surface area (TPSA) is 63.6 Å². The van der Waals surface area contributed by atoms with Crippen LogP contribution in [0.4, 0.5) is 0 Å². The minimum atomic E-state index is -0.959. The molecule has 0 radical (unpaired) electrons. The van der Waals surface area contributed by atoms with Gasteiger partial charge in [0.25, 0.3) is 0 Å². The molecular formula is C16H20O4. The van der Waals surface area contributed by atoms with Crippen molar-refractivity contribution in [3.8, 4) is 0 Å². The largest absolute Gasteiger partial charge is 0.478 e. The van der Waals surface area contributed by atoms with Crippen LogP contribution in [-0.4, -0.2) is 22.6 Å². The molecule has 1 aromatic carbocycles. The molecular weight excluding hydrogens is 256 g/mol. The first-order valence-corrected chi connectivity index (χ1v) is 6.36. The van der Waals surface area contributed by atoms with Gasteiger partial charge in [-0.1, -0.05) is 0 Å². The zero-order valence-corrected chi connectivity index (χ0v) is 12.5. The summed E-state index contributed by atoms with van der Waals surface area (Å²) >= 11 is 0. The van der Waals surface area contributed by atoms with Gasteiger partial charge in [-0.2, -0.15) is 0 Å². The highest BCUT2D eigenvalue weighted by Crippen LogP contribution is 2.19. The third-order valence-corrected chi connectivity index (χ3v) is 2.63. The van der Waals surface area contributed by atoms with E-state index in [9.17, 15) is 9.59 Å². The van der Waals surface area contributed by atoms with Gasteiger partial charge in [0.2, 0.25) is 0 Å². The van der Waals surface area contributed by atoms with Crippen molar-refractivity contribution in [3.05, 3.63) is 40.5 Å². The monoisotopic (exact) mass is 276 g/mol. The second kappa shape index (κ2) is 5.90. The van der Waals surface area contributed by atoms with Gasteiger partial charge in [0.1, 0.15) is 5.60 Å². The molecule has 1 aromatic rings. The lowest BCUT2D eigenvalue weighted by Gasteiger charge is -2.18. The van der Waals surface area contributed by atoms with Gasteiger partial charge in [-0.05, 0) is 69.5 Å². The molecule has 1 rings (SSSR count). The van der Waals surface area contributed by atoms with Crippen LogP contribution in [0.3, 0.4) is 0 Å². The Kier molecular flexibility index (Phi) is 4.71. The van der Waals surface area contributed by atoms with Crippen LogP contribution in [0.15, 0.2) is 18.2 Å². The minimum Gasteiger partial charge on any atom is -0.478 e. The Balaban J connectivity index is 2.99. The normalized spacial score (nSPS) is 11.7. The number of ether oxygens (including phenoxy) is 1. The van der Waals surface area contributed by atoms with Gasteiger partial charge in [0, 0.05) is 6.08 Å². The van der Waals surface area contributed by atoms with Crippen molar-refractivity contribution < 1.29 is 19.4 Å². The zero-order chi connectivity index (χ0) is 15.5. The zero-order valence-electron chi connectivity index (χ0n) is 12.5. The molecule has 4 heteroatoms. The lowest BCUT2D eigenvalue weighted by atomic mass is 9.99. The molecule has 1 N–H and O–H groups in total. The first-order chi connectivity index (χ1) is 9.10. The summed E-state index contributed by atoms with van der Waals surface area (Å²) in [5, 5.41) is 8.98. The number of hydrogen-bond acceptors (Lipinski definition) is 3. The third kappa shape index (κ3) is 4.53. The van der Waals surface area contributed by atoms with Gasteiger partial charge in [-0.3, -0.25) is 0 Å². The summed E-state index contributed by atoms with van der Waals surface area (Å²) in [6.45, 7) is 9.03. The smallest absolute Gasteiger partial charge is 0.335 e. The van der Waals surface area contributed by atoms with E-state index >= 15 is 0 Å². The average Bonchev–Trinajstić information content (AvgIpc) is 2.24. The maximum Gasteiger partial charge on any atom is 0.335 e.